The number of benzene rings is 1. The fraction of sp³-hybridized carbons (Fsp3) is 0.667. The van der Waals surface area contributed by atoms with Crippen LogP contribution >= 0.6 is 0 Å². The Morgan fingerprint density at radius 2 is 1.92 bits per heavy atom. The number of fused-ring (bicyclic) bond motifs is 3. The molecule has 0 unspecified atom stereocenters. The first-order chi connectivity index (χ1) is 11.6. The van der Waals surface area contributed by atoms with E-state index in [1.54, 1.807) is 11.1 Å². The molecule has 2 aliphatic rings. The third kappa shape index (κ3) is 3.84. The quantitative estimate of drug-likeness (QED) is 0.703. The van der Waals surface area contributed by atoms with E-state index in [1.165, 1.54) is 37.7 Å². The Bertz CT molecular complexity index is 624. The van der Waals surface area contributed by atoms with Crippen molar-refractivity contribution in [2.24, 2.45) is 17.1 Å². The van der Waals surface area contributed by atoms with Gasteiger partial charge in [-0.2, -0.15) is 0 Å². The summed E-state index contributed by atoms with van der Waals surface area (Å²) >= 11 is 0. The van der Waals surface area contributed by atoms with Crippen molar-refractivity contribution in [1.29, 1.82) is 0 Å². The number of hydrogen-bond acceptors (Lipinski definition) is 2. The SMILES string of the molecule is CC(C)c1ccc2c(c1)CC[C@H]1[C@@](C)(CN)CCC[C@]21C.O=C(O)O. The van der Waals surface area contributed by atoms with Crippen LogP contribution < -0.4 is 5.73 Å². The van der Waals surface area contributed by atoms with E-state index in [0.717, 1.165) is 12.5 Å². The van der Waals surface area contributed by atoms with Crippen LogP contribution in [0.15, 0.2) is 18.2 Å². The van der Waals surface area contributed by atoms with E-state index >= 15 is 0 Å². The Kier molecular flexibility index (Phi) is 5.82. The normalized spacial score (nSPS) is 30.7. The Labute approximate surface area is 151 Å². The van der Waals surface area contributed by atoms with Gasteiger partial charge < -0.3 is 15.9 Å². The highest BCUT2D eigenvalue weighted by atomic mass is 16.6. The van der Waals surface area contributed by atoms with E-state index < -0.39 is 6.16 Å². The minimum Gasteiger partial charge on any atom is -0.450 e. The van der Waals surface area contributed by atoms with Gasteiger partial charge in [-0.05, 0) is 71.6 Å². The summed E-state index contributed by atoms with van der Waals surface area (Å²) in [4.78, 5) is 8.56. The summed E-state index contributed by atoms with van der Waals surface area (Å²) < 4.78 is 0. The van der Waals surface area contributed by atoms with Crippen molar-refractivity contribution in [2.45, 2.75) is 71.1 Å². The van der Waals surface area contributed by atoms with Crippen LogP contribution in [0.25, 0.3) is 0 Å². The molecule has 4 N–H and O–H groups in total. The predicted octanol–water partition coefficient (Wildman–Crippen LogP) is 5.00. The third-order valence-corrected chi connectivity index (χ3v) is 6.63. The van der Waals surface area contributed by atoms with Crippen molar-refractivity contribution in [3.63, 3.8) is 0 Å². The molecule has 25 heavy (non-hydrogen) atoms. The van der Waals surface area contributed by atoms with Gasteiger partial charge in [0, 0.05) is 0 Å². The zero-order valence-electron chi connectivity index (χ0n) is 16.0. The van der Waals surface area contributed by atoms with Crippen LogP contribution in [-0.2, 0) is 11.8 Å². The van der Waals surface area contributed by atoms with Crippen molar-refractivity contribution in [3.05, 3.63) is 34.9 Å². The Balaban J connectivity index is 0.000000511. The molecule has 1 aromatic rings. The van der Waals surface area contributed by atoms with Crippen molar-refractivity contribution in [3.8, 4) is 0 Å². The second-order valence-corrected chi connectivity index (χ2v) is 8.57. The number of nitrogens with two attached hydrogens (primary N) is 1. The molecule has 0 saturated heterocycles. The van der Waals surface area contributed by atoms with Crippen LogP contribution in [-0.4, -0.2) is 22.9 Å². The maximum Gasteiger partial charge on any atom is 0.503 e. The molecule has 4 nitrogen and oxygen atoms in total. The molecule has 3 atom stereocenters. The summed E-state index contributed by atoms with van der Waals surface area (Å²) in [5.41, 5.74) is 11.6. The van der Waals surface area contributed by atoms with Crippen molar-refractivity contribution >= 4 is 6.16 Å². The topological polar surface area (TPSA) is 83.6 Å². The fourth-order valence-corrected chi connectivity index (χ4v) is 5.25. The molecule has 1 fully saturated rings. The van der Waals surface area contributed by atoms with Gasteiger partial charge in [-0.3, -0.25) is 0 Å². The molecule has 1 aromatic carbocycles. The standard InChI is InChI=1S/C20H31N.CH2O3/c1-14(2)15-6-8-17-16(12-15)7-9-18-19(3,13-21)10-5-11-20(17,18)4;2-1(3)4/h6,8,12,14,18H,5,7,9-11,13,21H2,1-4H3;(H2,2,3,4)/t18-,19+,20+;/m0./s1. The van der Waals surface area contributed by atoms with Gasteiger partial charge in [0.25, 0.3) is 0 Å². The van der Waals surface area contributed by atoms with Crippen molar-refractivity contribution < 1.29 is 15.0 Å². The molecule has 2 aliphatic carbocycles. The first-order valence-electron chi connectivity index (χ1n) is 9.39. The van der Waals surface area contributed by atoms with E-state index in [4.69, 9.17) is 20.7 Å². The highest BCUT2D eigenvalue weighted by Crippen LogP contribution is 2.56. The van der Waals surface area contributed by atoms with E-state index in [0.29, 0.717) is 16.7 Å². The zero-order valence-corrected chi connectivity index (χ0v) is 16.0. The number of carbonyl (C=O) groups is 1. The second-order valence-electron chi connectivity index (χ2n) is 8.57. The van der Waals surface area contributed by atoms with E-state index in [1.807, 2.05) is 0 Å². The molecule has 3 rings (SSSR count). The Hall–Kier alpha value is -1.55. The van der Waals surface area contributed by atoms with Gasteiger partial charge in [0.1, 0.15) is 0 Å². The number of rotatable bonds is 2. The molecule has 0 aromatic heterocycles. The van der Waals surface area contributed by atoms with Crippen LogP contribution in [0.5, 0.6) is 0 Å². The fourth-order valence-electron chi connectivity index (χ4n) is 5.25. The summed E-state index contributed by atoms with van der Waals surface area (Å²) in [5, 5.41) is 13.9. The molecule has 4 heteroatoms. The first-order valence-corrected chi connectivity index (χ1v) is 9.39. The third-order valence-electron chi connectivity index (χ3n) is 6.63. The molecule has 1 saturated carbocycles. The smallest absolute Gasteiger partial charge is 0.450 e. The van der Waals surface area contributed by atoms with Gasteiger partial charge in [-0.1, -0.05) is 52.3 Å². The second kappa shape index (κ2) is 7.36. The molecule has 0 radical (unpaired) electrons. The monoisotopic (exact) mass is 347 g/mol. The molecule has 0 amide bonds. The zero-order chi connectivity index (χ0) is 18.8. The van der Waals surface area contributed by atoms with Crippen LogP contribution in [0.4, 0.5) is 4.79 Å². The van der Waals surface area contributed by atoms with Gasteiger partial charge in [0.15, 0.2) is 0 Å². The summed E-state index contributed by atoms with van der Waals surface area (Å²) in [5.74, 6) is 1.38. The first kappa shape index (κ1) is 19.8. The summed E-state index contributed by atoms with van der Waals surface area (Å²) in [7, 11) is 0. The summed E-state index contributed by atoms with van der Waals surface area (Å²) in [6, 6.07) is 7.29. The van der Waals surface area contributed by atoms with Crippen LogP contribution in [0.3, 0.4) is 0 Å². The van der Waals surface area contributed by atoms with Crippen molar-refractivity contribution in [2.75, 3.05) is 6.54 Å². The number of carboxylic acid groups (broad SMARTS) is 2. The predicted molar refractivity (Wildman–Crippen MR) is 101 cm³/mol. The summed E-state index contributed by atoms with van der Waals surface area (Å²) in [6.07, 6.45) is 4.70. The van der Waals surface area contributed by atoms with E-state index in [-0.39, 0.29) is 0 Å². The average Bonchev–Trinajstić information content (AvgIpc) is 2.53. The highest BCUT2D eigenvalue weighted by Gasteiger charge is 2.50. The highest BCUT2D eigenvalue weighted by molar-refractivity contribution is 5.53. The maximum atomic E-state index is 8.56. The van der Waals surface area contributed by atoms with Crippen LogP contribution in [0, 0.1) is 11.3 Å². The van der Waals surface area contributed by atoms with Crippen molar-refractivity contribution in [1.82, 2.24) is 0 Å². The largest absolute Gasteiger partial charge is 0.503 e. The molecule has 140 valence electrons. The van der Waals surface area contributed by atoms with Gasteiger partial charge >= 0.3 is 6.16 Å². The van der Waals surface area contributed by atoms with Gasteiger partial charge in [-0.15, -0.1) is 0 Å². The van der Waals surface area contributed by atoms with Crippen LogP contribution in [0.2, 0.25) is 0 Å². The molecular formula is C21H33NO3. The average molecular weight is 347 g/mol. The maximum absolute atomic E-state index is 8.56. The molecular weight excluding hydrogens is 314 g/mol. The van der Waals surface area contributed by atoms with E-state index in [9.17, 15) is 0 Å². The van der Waals surface area contributed by atoms with Crippen LogP contribution in [0.1, 0.15) is 76.0 Å². The lowest BCUT2D eigenvalue weighted by Gasteiger charge is -2.55. The lowest BCUT2D eigenvalue weighted by Crippen LogP contribution is -2.51. The van der Waals surface area contributed by atoms with Gasteiger partial charge in [-0.25, -0.2) is 4.79 Å². The molecule has 0 spiro atoms. The number of aryl methyl sites for hydroxylation is 1. The summed E-state index contributed by atoms with van der Waals surface area (Å²) in [6.45, 7) is 10.4. The van der Waals surface area contributed by atoms with E-state index in [2.05, 4.69) is 45.9 Å². The Morgan fingerprint density at radius 3 is 2.48 bits per heavy atom. The lowest BCUT2D eigenvalue weighted by atomic mass is 9.50. The lowest BCUT2D eigenvalue weighted by molar-refractivity contribution is 0.0326. The number of hydrogen-bond donors (Lipinski definition) is 3. The minimum atomic E-state index is -1.83. The molecule has 0 aliphatic heterocycles. The van der Waals surface area contributed by atoms with Gasteiger partial charge in [0.05, 0.1) is 0 Å². The molecule has 0 bridgehead atoms. The molecule has 0 heterocycles. The minimum absolute atomic E-state index is 0.335. The van der Waals surface area contributed by atoms with Gasteiger partial charge in [0.2, 0.25) is 0 Å². The Morgan fingerprint density at radius 1 is 1.28 bits per heavy atom.